The van der Waals surface area contributed by atoms with Gasteiger partial charge in [-0.15, -0.1) is 0 Å². The lowest BCUT2D eigenvalue weighted by atomic mass is 10.3. The monoisotopic (exact) mass is 216 g/mol. The highest BCUT2D eigenvalue weighted by Crippen LogP contribution is 2.21. The van der Waals surface area contributed by atoms with Crippen molar-refractivity contribution in [1.29, 1.82) is 0 Å². The predicted molar refractivity (Wildman–Crippen MR) is 59.2 cm³/mol. The van der Waals surface area contributed by atoms with Crippen molar-refractivity contribution >= 4 is 16.9 Å². The highest BCUT2D eigenvalue weighted by molar-refractivity contribution is 5.98. The zero-order valence-electron chi connectivity index (χ0n) is 9.27. The van der Waals surface area contributed by atoms with E-state index in [4.69, 9.17) is 0 Å². The van der Waals surface area contributed by atoms with Crippen molar-refractivity contribution in [3.05, 3.63) is 23.8 Å². The fraction of sp³-hybridized carbons (Fsp3) is 0.364. The zero-order chi connectivity index (χ0) is 11.3. The summed E-state index contributed by atoms with van der Waals surface area (Å²) >= 11 is 0. The van der Waals surface area contributed by atoms with E-state index in [-0.39, 0.29) is 5.91 Å². The van der Waals surface area contributed by atoms with Crippen molar-refractivity contribution in [3.63, 3.8) is 0 Å². The van der Waals surface area contributed by atoms with Gasteiger partial charge < -0.3 is 9.47 Å². The SMILES string of the molecule is Cc1ncc2cc3n(c2n1)CCN(C)C3=O. The molecule has 0 radical (unpaired) electrons. The van der Waals surface area contributed by atoms with Crippen molar-refractivity contribution in [2.24, 2.45) is 0 Å². The van der Waals surface area contributed by atoms with Gasteiger partial charge in [-0.2, -0.15) is 0 Å². The van der Waals surface area contributed by atoms with Crippen LogP contribution in [0.1, 0.15) is 16.3 Å². The molecule has 0 spiro atoms. The van der Waals surface area contributed by atoms with E-state index in [0.29, 0.717) is 5.69 Å². The van der Waals surface area contributed by atoms with Gasteiger partial charge in [-0.25, -0.2) is 9.97 Å². The van der Waals surface area contributed by atoms with Crippen molar-refractivity contribution in [2.45, 2.75) is 13.5 Å². The van der Waals surface area contributed by atoms with Gasteiger partial charge in [0.15, 0.2) is 0 Å². The van der Waals surface area contributed by atoms with Gasteiger partial charge in [0.1, 0.15) is 17.2 Å². The Labute approximate surface area is 92.7 Å². The Kier molecular flexibility index (Phi) is 1.77. The number of hydrogen-bond donors (Lipinski definition) is 0. The number of fused-ring (bicyclic) bond motifs is 3. The van der Waals surface area contributed by atoms with E-state index in [9.17, 15) is 4.79 Å². The minimum absolute atomic E-state index is 0.0573. The van der Waals surface area contributed by atoms with Gasteiger partial charge in [0.25, 0.3) is 5.91 Å². The number of amides is 1. The van der Waals surface area contributed by atoms with Gasteiger partial charge in [-0.1, -0.05) is 0 Å². The number of hydrogen-bond acceptors (Lipinski definition) is 3. The lowest BCUT2D eigenvalue weighted by molar-refractivity contribution is 0.0751. The summed E-state index contributed by atoms with van der Waals surface area (Å²) in [4.78, 5) is 22.2. The minimum Gasteiger partial charge on any atom is -0.339 e. The largest absolute Gasteiger partial charge is 0.339 e. The van der Waals surface area contributed by atoms with Crippen LogP contribution in [-0.4, -0.2) is 38.9 Å². The van der Waals surface area contributed by atoms with E-state index in [0.717, 1.165) is 29.9 Å². The van der Waals surface area contributed by atoms with Crippen LogP contribution in [-0.2, 0) is 6.54 Å². The molecule has 3 heterocycles. The molecular formula is C11H12N4O. The van der Waals surface area contributed by atoms with Crippen molar-refractivity contribution in [3.8, 4) is 0 Å². The maximum atomic E-state index is 11.9. The molecule has 2 aromatic heterocycles. The molecule has 3 rings (SSSR count). The Balaban J connectivity index is 2.31. The topological polar surface area (TPSA) is 51.0 Å². The first kappa shape index (κ1) is 9.33. The molecule has 1 aliphatic rings. The van der Waals surface area contributed by atoms with Crippen molar-refractivity contribution < 1.29 is 4.79 Å². The number of likely N-dealkylation sites (N-methyl/N-ethyl adjacent to an activating group) is 1. The number of carbonyl (C=O) groups excluding carboxylic acids is 1. The summed E-state index contributed by atoms with van der Waals surface area (Å²) < 4.78 is 1.98. The summed E-state index contributed by atoms with van der Waals surface area (Å²) in [7, 11) is 1.82. The van der Waals surface area contributed by atoms with Gasteiger partial charge in [0, 0.05) is 31.7 Å². The molecular weight excluding hydrogens is 204 g/mol. The molecule has 5 heteroatoms. The molecule has 0 aliphatic carbocycles. The Morgan fingerprint density at radius 2 is 2.19 bits per heavy atom. The normalized spacial score (nSPS) is 15.6. The van der Waals surface area contributed by atoms with Crippen LogP contribution in [0.2, 0.25) is 0 Å². The molecule has 1 amide bonds. The molecule has 1 aliphatic heterocycles. The molecule has 82 valence electrons. The quantitative estimate of drug-likeness (QED) is 0.655. The standard InChI is InChI=1S/C11H12N4O/c1-7-12-6-8-5-9-11(16)14(2)3-4-15(9)10(8)13-7/h5-6H,3-4H2,1-2H3. The number of aryl methyl sites for hydroxylation is 1. The summed E-state index contributed by atoms with van der Waals surface area (Å²) in [5.41, 5.74) is 1.58. The maximum Gasteiger partial charge on any atom is 0.270 e. The molecule has 0 fully saturated rings. The summed E-state index contributed by atoms with van der Waals surface area (Å²) in [6.07, 6.45) is 1.77. The third-order valence-corrected chi connectivity index (χ3v) is 2.98. The summed E-state index contributed by atoms with van der Waals surface area (Å²) in [5.74, 6) is 0.793. The lowest BCUT2D eigenvalue weighted by Crippen LogP contribution is -2.36. The van der Waals surface area contributed by atoms with Crippen LogP contribution in [0.4, 0.5) is 0 Å². The van der Waals surface area contributed by atoms with Crippen LogP contribution in [0.5, 0.6) is 0 Å². The van der Waals surface area contributed by atoms with E-state index in [1.165, 1.54) is 0 Å². The summed E-state index contributed by atoms with van der Waals surface area (Å²) in [6.45, 7) is 3.40. The number of aromatic nitrogens is 3. The molecule has 0 aromatic carbocycles. The highest BCUT2D eigenvalue weighted by Gasteiger charge is 2.24. The molecule has 5 nitrogen and oxygen atoms in total. The maximum absolute atomic E-state index is 11.9. The first-order valence-corrected chi connectivity index (χ1v) is 5.25. The fourth-order valence-electron chi connectivity index (χ4n) is 2.08. The van der Waals surface area contributed by atoms with Crippen LogP contribution in [0.25, 0.3) is 11.0 Å². The van der Waals surface area contributed by atoms with Crippen LogP contribution in [0, 0.1) is 6.92 Å². The average molecular weight is 216 g/mol. The van der Waals surface area contributed by atoms with E-state index in [1.54, 1.807) is 11.1 Å². The molecule has 0 unspecified atom stereocenters. The minimum atomic E-state index is 0.0573. The van der Waals surface area contributed by atoms with E-state index >= 15 is 0 Å². The van der Waals surface area contributed by atoms with E-state index in [2.05, 4.69) is 9.97 Å². The molecule has 0 N–H and O–H groups in total. The number of nitrogens with zero attached hydrogens (tertiary/aromatic N) is 4. The Morgan fingerprint density at radius 1 is 1.38 bits per heavy atom. The Hall–Kier alpha value is -1.91. The second kappa shape index (κ2) is 3.04. The molecule has 0 saturated heterocycles. The Morgan fingerprint density at radius 3 is 3.00 bits per heavy atom. The first-order chi connectivity index (χ1) is 7.66. The third kappa shape index (κ3) is 1.14. The fourth-order valence-corrected chi connectivity index (χ4v) is 2.08. The summed E-state index contributed by atoms with van der Waals surface area (Å²) in [5, 5.41) is 0.934. The van der Waals surface area contributed by atoms with E-state index < -0.39 is 0 Å². The molecule has 0 saturated carbocycles. The molecule has 0 bridgehead atoms. The molecule has 2 aromatic rings. The van der Waals surface area contributed by atoms with Crippen LogP contribution >= 0.6 is 0 Å². The molecule has 16 heavy (non-hydrogen) atoms. The molecule has 0 atom stereocenters. The van der Waals surface area contributed by atoms with Crippen molar-refractivity contribution in [2.75, 3.05) is 13.6 Å². The van der Waals surface area contributed by atoms with Crippen LogP contribution in [0.3, 0.4) is 0 Å². The van der Waals surface area contributed by atoms with E-state index in [1.807, 2.05) is 24.6 Å². The smallest absolute Gasteiger partial charge is 0.270 e. The lowest BCUT2D eigenvalue weighted by Gasteiger charge is -2.24. The van der Waals surface area contributed by atoms with Gasteiger partial charge in [0.2, 0.25) is 0 Å². The van der Waals surface area contributed by atoms with Gasteiger partial charge in [0.05, 0.1) is 0 Å². The number of carbonyl (C=O) groups is 1. The van der Waals surface area contributed by atoms with Crippen molar-refractivity contribution in [1.82, 2.24) is 19.4 Å². The van der Waals surface area contributed by atoms with Gasteiger partial charge >= 0.3 is 0 Å². The van der Waals surface area contributed by atoms with Gasteiger partial charge in [-0.3, -0.25) is 4.79 Å². The highest BCUT2D eigenvalue weighted by atomic mass is 16.2. The zero-order valence-corrected chi connectivity index (χ0v) is 9.27. The average Bonchev–Trinajstić information content (AvgIpc) is 2.62. The van der Waals surface area contributed by atoms with Crippen LogP contribution in [0.15, 0.2) is 12.3 Å². The predicted octanol–water partition coefficient (Wildman–Crippen LogP) is 0.825. The Bertz CT molecular complexity index is 587. The second-order valence-electron chi connectivity index (χ2n) is 4.10. The number of rotatable bonds is 0. The summed E-state index contributed by atoms with van der Waals surface area (Å²) in [6, 6.07) is 1.87. The van der Waals surface area contributed by atoms with Gasteiger partial charge in [-0.05, 0) is 13.0 Å². The first-order valence-electron chi connectivity index (χ1n) is 5.25. The third-order valence-electron chi connectivity index (χ3n) is 2.98. The second-order valence-corrected chi connectivity index (χ2v) is 4.10. The van der Waals surface area contributed by atoms with Crippen LogP contribution < -0.4 is 0 Å².